The van der Waals surface area contributed by atoms with Gasteiger partial charge in [0, 0.05) is 6.42 Å². The van der Waals surface area contributed by atoms with Crippen LogP contribution in [0.25, 0.3) is 22.3 Å². The van der Waals surface area contributed by atoms with Crippen molar-refractivity contribution in [3.05, 3.63) is 96.1 Å². The first kappa shape index (κ1) is 38.9. The van der Waals surface area contributed by atoms with Crippen molar-refractivity contribution in [3.8, 4) is 33.8 Å². The number of esters is 1. The molecule has 0 atom stereocenters. The van der Waals surface area contributed by atoms with Crippen LogP contribution in [0.5, 0.6) is 11.5 Å². The average molecular weight is 683 g/mol. The molecule has 50 heavy (non-hydrogen) atoms. The standard InChI is InChI=1S/C44H58O6/c1-5-7-8-9-10-11-34-12-14-36(15-13-34)37-16-18-38(19-17-37)39-20-22-41(35(6-2)28-39)40-21-23-42(43(29-40)48-25-24-32(3)30-45)49-26-27-50-44(47)33(4)31-46/h16-23,28-29,34,36,45-46H,3-15,24-27,30-31H2,1-2H3. The molecule has 1 aliphatic rings. The lowest BCUT2D eigenvalue weighted by atomic mass is 9.77. The number of rotatable bonds is 21. The molecule has 3 aromatic rings. The number of unbranched alkanes of at least 4 members (excludes halogenated alkanes) is 4. The maximum absolute atomic E-state index is 11.8. The van der Waals surface area contributed by atoms with Crippen LogP contribution in [0, 0.1) is 5.92 Å². The summed E-state index contributed by atoms with van der Waals surface area (Å²) in [6, 6.07) is 21.8. The number of carbonyl (C=O) groups excluding carboxylic acids is 1. The maximum atomic E-state index is 11.8. The summed E-state index contributed by atoms with van der Waals surface area (Å²) >= 11 is 0. The zero-order valence-electron chi connectivity index (χ0n) is 30.4. The summed E-state index contributed by atoms with van der Waals surface area (Å²) in [5.41, 5.74) is 7.98. The largest absolute Gasteiger partial charge is 0.489 e. The van der Waals surface area contributed by atoms with E-state index in [-0.39, 0.29) is 25.4 Å². The molecular weight excluding hydrogens is 624 g/mol. The van der Waals surface area contributed by atoms with E-state index in [9.17, 15) is 9.90 Å². The molecule has 0 aromatic heterocycles. The van der Waals surface area contributed by atoms with Crippen molar-refractivity contribution in [2.45, 2.75) is 96.8 Å². The van der Waals surface area contributed by atoms with E-state index in [1.165, 1.54) is 86.5 Å². The topological polar surface area (TPSA) is 85.2 Å². The minimum Gasteiger partial charge on any atom is -0.489 e. The van der Waals surface area contributed by atoms with Gasteiger partial charge in [0.25, 0.3) is 0 Å². The molecule has 3 aromatic carbocycles. The molecule has 0 amide bonds. The Hall–Kier alpha value is -3.87. The van der Waals surface area contributed by atoms with Crippen LogP contribution in [-0.2, 0) is 16.0 Å². The van der Waals surface area contributed by atoms with Crippen molar-refractivity contribution >= 4 is 5.97 Å². The molecule has 0 bridgehead atoms. The predicted molar refractivity (Wildman–Crippen MR) is 204 cm³/mol. The molecule has 1 fully saturated rings. The number of aliphatic hydroxyl groups excluding tert-OH is 2. The second-order valence-corrected chi connectivity index (χ2v) is 13.7. The second-order valence-electron chi connectivity index (χ2n) is 13.7. The van der Waals surface area contributed by atoms with Crippen LogP contribution in [0.1, 0.15) is 102 Å². The Balaban J connectivity index is 1.42. The number of benzene rings is 3. The van der Waals surface area contributed by atoms with Gasteiger partial charge in [-0.15, -0.1) is 0 Å². The molecule has 4 rings (SSSR count). The fraction of sp³-hybridized carbons (Fsp3) is 0.477. The van der Waals surface area contributed by atoms with Crippen LogP contribution in [-0.4, -0.2) is 49.2 Å². The normalized spacial score (nSPS) is 15.8. The first-order chi connectivity index (χ1) is 24.4. The van der Waals surface area contributed by atoms with Gasteiger partial charge >= 0.3 is 5.97 Å². The highest BCUT2D eigenvalue weighted by molar-refractivity contribution is 5.87. The quantitative estimate of drug-likeness (QED) is 0.0504. The lowest BCUT2D eigenvalue weighted by molar-refractivity contribution is -0.140. The zero-order chi connectivity index (χ0) is 35.7. The number of carbonyl (C=O) groups is 1. The third kappa shape index (κ3) is 11.6. The smallest absolute Gasteiger partial charge is 0.335 e. The van der Waals surface area contributed by atoms with Gasteiger partial charge in [0.05, 0.1) is 25.4 Å². The molecule has 0 spiro atoms. The monoisotopic (exact) mass is 682 g/mol. The van der Waals surface area contributed by atoms with E-state index in [1.807, 2.05) is 18.2 Å². The Kier molecular flexibility index (Phi) is 16.1. The summed E-state index contributed by atoms with van der Waals surface area (Å²) in [4.78, 5) is 11.8. The average Bonchev–Trinajstić information content (AvgIpc) is 3.16. The highest BCUT2D eigenvalue weighted by Crippen LogP contribution is 2.39. The maximum Gasteiger partial charge on any atom is 0.335 e. The molecule has 0 heterocycles. The number of hydrogen-bond donors (Lipinski definition) is 2. The predicted octanol–water partition coefficient (Wildman–Crippen LogP) is 10.0. The van der Waals surface area contributed by atoms with Gasteiger partial charge in [-0.05, 0) is 95.0 Å². The second kappa shape index (κ2) is 20.7. The van der Waals surface area contributed by atoms with Crippen LogP contribution >= 0.6 is 0 Å². The van der Waals surface area contributed by atoms with E-state index < -0.39 is 12.6 Å². The minimum atomic E-state index is -0.655. The molecule has 0 aliphatic heterocycles. The van der Waals surface area contributed by atoms with Crippen molar-refractivity contribution in [1.82, 2.24) is 0 Å². The fourth-order valence-corrected chi connectivity index (χ4v) is 6.86. The zero-order valence-corrected chi connectivity index (χ0v) is 30.4. The number of aliphatic hydroxyl groups is 2. The first-order valence-electron chi connectivity index (χ1n) is 18.7. The summed E-state index contributed by atoms with van der Waals surface area (Å²) in [5, 5.41) is 18.4. The molecule has 1 aliphatic carbocycles. The first-order valence-corrected chi connectivity index (χ1v) is 18.7. The van der Waals surface area contributed by atoms with Gasteiger partial charge in [-0.2, -0.15) is 0 Å². The van der Waals surface area contributed by atoms with Crippen LogP contribution in [0.4, 0.5) is 0 Å². The Bertz CT molecular complexity index is 1520. The summed E-state index contributed by atoms with van der Waals surface area (Å²) in [7, 11) is 0. The lowest BCUT2D eigenvalue weighted by Crippen LogP contribution is -2.15. The van der Waals surface area contributed by atoms with Gasteiger partial charge < -0.3 is 24.4 Å². The van der Waals surface area contributed by atoms with E-state index in [4.69, 9.17) is 19.3 Å². The van der Waals surface area contributed by atoms with Crippen molar-refractivity contribution in [2.75, 3.05) is 33.0 Å². The summed E-state index contributed by atoms with van der Waals surface area (Å²) in [6.45, 7) is 11.7. The molecule has 0 radical (unpaired) electrons. The number of aryl methyl sites for hydroxylation is 1. The van der Waals surface area contributed by atoms with Crippen molar-refractivity contribution in [3.63, 3.8) is 0 Å². The molecular formula is C44H58O6. The van der Waals surface area contributed by atoms with E-state index in [0.29, 0.717) is 36.0 Å². The Morgan fingerprint density at radius 3 is 2.14 bits per heavy atom. The van der Waals surface area contributed by atoms with Gasteiger partial charge in [0.2, 0.25) is 0 Å². The molecule has 2 N–H and O–H groups in total. The highest BCUT2D eigenvalue weighted by atomic mass is 16.6. The lowest BCUT2D eigenvalue weighted by Gasteiger charge is -2.29. The Morgan fingerprint density at radius 2 is 1.44 bits per heavy atom. The highest BCUT2D eigenvalue weighted by Gasteiger charge is 2.22. The molecule has 6 heteroatoms. The van der Waals surface area contributed by atoms with Gasteiger partial charge in [0.1, 0.15) is 13.2 Å². The third-order valence-electron chi connectivity index (χ3n) is 10.0. The van der Waals surface area contributed by atoms with Crippen molar-refractivity contribution < 1.29 is 29.2 Å². The molecule has 0 saturated heterocycles. The summed E-state index contributed by atoms with van der Waals surface area (Å²) < 4.78 is 17.2. The molecule has 6 nitrogen and oxygen atoms in total. The van der Waals surface area contributed by atoms with Gasteiger partial charge in [0.15, 0.2) is 11.5 Å². The minimum absolute atomic E-state index is 0.00314. The molecule has 0 unspecified atom stereocenters. The summed E-state index contributed by atoms with van der Waals surface area (Å²) in [5.74, 6) is 2.03. The van der Waals surface area contributed by atoms with Crippen molar-refractivity contribution in [2.24, 2.45) is 5.92 Å². The van der Waals surface area contributed by atoms with Crippen LogP contribution in [0.15, 0.2) is 85.0 Å². The van der Waals surface area contributed by atoms with Crippen LogP contribution < -0.4 is 9.47 Å². The molecule has 1 saturated carbocycles. The fourth-order valence-electron chi connectivity index (χ4n) is 6.86. The van der Waals surface area contributed by atoms with Crippen LogP contribution in [0.2, 0.25) is 0 Å². The van der Waals surface area contributed by atoms with Crippen LogP contribution in [0.3, 0.4) is 0 Å². The Labute approximate surface area is 300 Å². The number of ether oxygens (including phenoxy) is 3. The summed E-state index contributed by atoms with van der Waals surface area (Å²) in [6.07, 6.45) is 15.1. The number of hydrogen-bond acceptors (Lipinski definition) is 6. The third-order valence-corrected chi connectivity index (χ3v) is 10.0. The van der Waals surface area contributed by atoms with Gasteiger partial charge in [-0.25, -0.2) is 4.79 Å². The Morgan fingerprint density at radius 1 is 0.740 bits per heavy atom. The van der Waals surface area contributed by atoms with E-state index in [1.54, 1.807) is 0 Å². The van der Waals surface area contributed by atoms with Gasteiger partial charge in [-0.3, -0.25) is 0 Å². The van der Waals surface area contributed by atoms with E-state index in [2.05, 4.69) is 69.5 Å². The van der Waals surface area contributed by atoms with Crippen molar-refractivity contribution in [1.29, 1.82) is 0 Å². The molecule has 270 valence electrons. The van der Waals surface area contributed by atoms with Gasteiger partial charge in [-0.1, -0.05) is 114 Å². The SMILES string of the molecule is C=C(CO)CCOc1cc(-c2ccc(-c3ccc(C4CCC(CCCCCCC)CC4)cc3)cc2CC)ccc1OCCOC(=O)C(=C)CO. The van der Waals surface area contributed by atoms with E-state index in [0.717, 1.165) is 23.5 Å². The van der Waals surface area contributed by atoms with E-state index >= 15 is 0 Å².